The zero-order chi connectivity index (χ0) is 31.0. The number of esters is 1. The number of phosphoric ester groups is 1. The zero-order valence-corrected chi connectivity index (χ0v) is 26.6. The Balaban J connectivity index is 1.88. The van der Waals surface area contributed by atoms with Gasteiger partial charge in [0.1, 0.15) is 18.1 Å². The fraction of sp³-hybridized carbons (Fsp3) is 0.733. The second-order valence-corrected chi connectivity index (χ2v) is 13.0. The lowest BCUT2D eigenvalue weighted by Crippen LogP contribution is -2.35. The number of cyclic esters (lactones) is 1. The van der Waals surface area contributed by atoms with Gasteiger partial charge < -0.3 is 33.2 Å². The minimum atomic E-state index is -4.78. The average molecular weight is 614 g/mol. The van der Waals surface area contributed by atoms with Crippen molar-refractivity contribution in [2.75, 3.05) is 14.2 Å². The number of aromatic nitrogens is 1. The van der Waals surface area contributed by atoms with Gasteiger partial charge in [0.15, 0.2) is 0 Å². The van der Waals surface area contributed by atoms with Crippen LogP contribution in [0.4, 0.5) is 0 Å². The quantitative estimate of drug-likeness (QED) is 0.215. The van der Waals surface area contributed by atoms with Gasteiger partial charge in [-0.3, -0.25) is 9.32 Å². The van der Waals surface area contributed by atoms with Gasteiger partial charge in [-0.2, -0.15) is 0 Å². The van der Waals surface area contributed by atoms with Gasteiger partial charge in [-0.05, 0) is 63.9 Å². The number of carbonyl (C=O) groups excluding carboxylic acids is 1. The third-order valence-electron chi connectivity index (χ3n) is 8.28. The lowest BCUT2D eigenvalue weighted by atomic mass is 9.87. The normalized spacial score (nSPS) is 31.9. The molecule has 2 aliphatic heterocycles. The van der Waals surface area contributed by atoms with E-state index < -0.39 is 31.9 Å². The maximum atomic E-state index is 13.4. The number of phosphoric acid groups is 1. The molecule has 11 nitrogen and oxygen atoms in total. The Bertz CT molecular complexity index is 1110. The molecule has 2 fully saturated rings. The SMILES string of the molecule is C=C1C[C@H]2CCC[C@H](OC)C[C@@H](c3coc(C=C(C)[C@@H](C)OC)n3)OC(=O)[C@@H](C)C[C@H](C)[C@@H](OP(=O)(O)O)C[C@@H](C1)O2. The molecule has 0 aliphatic carbocycles. The largest absolute Gasteiger partial charge is 0.469 e. The summed E-state index contributed by atoms with van der Waals surface area (Å²) in [5.74, 6) is -1.02. The van der Waals surface area contributed by atoms with Gasteiger partial charge in [-0.15, -0.1) is 0 Å². The first-order valence-electron chi connectivity index (χ1n) is 14.7. The van der Waals surface area contributed by atoms with Gasteiger partial charge in [0.25, 0.3) is 0 Å². The molecule has 2 bridgehead atoms. The van der Waals surface area contributed by atoms with E-state index in [1.54, 1.807) is 27.2 Å². The molecule has 3 rings (SSSR count). The maximum absolute atomic E-state index is 13.4. The van der Waals surface area contributed by atoms with E-state index in [0.29, 0.717) is 37.3 Å². The maximum Gasteiger partial charge on any atom is 0.469 e. The van der Waals surface area contributed by atoms with Crippen LogP contribution in [0.1, 0.15) is 96.8 Å². The molecule has 0 saturated carbocycles. The smallest absolute Gasteiger partial charge is 0.455 e. The highest BCUT2D eigenvalue weighted by Crippen LogP contribution is 2.43. The van der Waals surface area contributed by atoms with E-state index in [1.165, 1.54) is 6.26 Å². The zero-order valence-electron chi connectivity index (χ0n) is 25.7. The summed E-state index contributed by atoms with van der Waals surface area (Å²) in [5, 5.41) is 0. The van der Waals surface area contributed by atoms with Crippen LogP contribution in [0.5, 0.6) is 0 Å². The third kappa shape index (κ3) is 10.7. The summed E-state index contributed by atoms with van der Waals surface area (Å²) in [5.41, 5.74) is 2.46. The minimum absolute atomic E-state index is 0.0529. The molecule has 2 N–H and O–H groups in total. The molecule has 0 radical (unpaired) electrons. The number of ether oxygens (including phenoxy) is 4. The number of hydrogen-bond acceptors (Lipinski definition) is 9. The Labute approximate surface area is 249 Å². The van der Waals surface area contributed by atoms with Crippen LogP contribution in [-0.2, 0) is 32.8 Å². The van der Waals surface area contributed by atoms with Crippen molar-refractivity contribution in [3.8, 4) is 0 Å². The number of carbonyl (C=O) groups is 1. The highest BCUT2D eigenvalue weighted by molar-refractivity contribution is 7.46. The molecule has 238 valence electrons. The van der Waals surface area contributed by atoms with Gasteiger partial charge >= 0.3 is 13.8 Å². The number of nitrogens with zero attached hydrogens (tertiary/aromatic N) is 1. The van der Waals surface area contributed by atoms with Crippen LogP contribution in [0.3, 0.4) is 0 Å². The van der Waals surface area contributed by atoms with Gasteiger partial charge in [-0.25, -0.2) is 9.55 Å². The molecule has 0 aromatic carbocycles. The summed E-state index contributed by atoms with van der Waals surface area (Å²) < 4.78 is 46.3. The van der Waals surface area contributed by atoms with Crippen molar-refractivity contribution in [1.82, 2.24) is 4.98 Å². The molecule has 1 aromatic rings. The lowest BCUT2D eigenvalue weighted by molar-refractivity contribution is -0.157. The summed E-state index contributed by atoms with van der Waals surface area (Å²) in [6.45, 7) is 11.6. The predicted octanol–water partition coefficient (Wildman–Crippen LogP) is 5.92. The van der Waals surface area contributed by atoms with Gasteiger partial charge in [0, 0.05) is 33.1 Å². The van der Waals surface area contributed by atoms with E-state index in [-0.39, 0.29) is 36.8 Å². The van der Waals surface area contributed by atoms with E-state index >= 15 is 0 Å². The summed E-state index contributed by atoms with van der Waals surface area (Å²) in [4.78, 5) is 37.2. The molecule has 0 spiro atoms. The summed E-state index contributed by atoms with van der Waals surface area (Å²) in [7, 11) is -1.50. The Hall–Kier alpha value is -1.85. The second-order valence-electron chi connectivity index (χ2n) is 11.8. The van der Waals surface area contributed by atoms with Crippen LogP contribution in [0.2, 0.25) is 0 Å². The van der Waals surface area contributed by atoms with Crippen LogP contribution in [0.15, 0.2) is 28.4 Å². The first kappa shape index (κ1) is 34.6. The molecule has 8 atom stereocenters. The van der Waals surface area contributed by atoms with E-state index in [0.717, 1.165) is 30.4 Å². The van der Waals surface area contributed by atoms with Crippen LogP contribution in [0.25, 0.3) is 6.08 Å². The molecule has 0 amide bonds. The molecule has 42 heavy (non-hydrogen) atoms. The van der Waals surface area contributed by atoms with Gasteiger partial charge in [-0.1, -0.05) is 26.0 Å². The Kier molecular flexibility index (Phi) is 13.0. The monoisotopic (exact) mass is 613 g/mol. The summed E-state index contributed by atoms with van der Waals surface area (Å²) in [6.07, 6.45) is 5.71. The molecule has 2 aliphatic rings. The number of oxazole rings is 1. The van der Waals surface area contributed by atoms with Crippen LogP contribution >= 0.6 is 7.82 Å². The molecule has 2 saturated heterocycles. The predicted molar refractivity (Wildman–Crippen MR) is 156 cm³/mol. The first-order chi connectivity index (χ1) is 19.8. The van der Waals surface area contributed by atoms with Gasteiger partial charge in [0.05, 0.1) is 36.4 Å². The summed E-state index contributed by atoms with van der Waals surface area (Å²) >= 11 is 0. The number of methoxy groups -OCH3 is 2. The van der Waals surface area contributed by atoms with E-state index in [1.807, 2.05) is 20.8 Å². The fourth-order valence-corrected chi connectivity index (χ4v) is 6.31. The standard InChI is InChI=1S/C30H48NO10P/c1-18-11-24-10-8-9-23(37-7)15-28(26-17-38-29(31-26)14-19(2)22(5)36-6)40-30(32)21(4)13-20(3)27(41-42(33,34)35)16-25(12-18)39-24/h14,17,20-25,27-28H,1,8-13,15-16H2,2-7H3,(H2,33,34,35)/t20-,21-,22+,23-,24+,25+,27-,28-/m0/s1. The molecular weight excluding hydrogens is 565 g/mol. The molecule has 3 heterocycles. The third-order valence-corrected chi connectivity index (χ3v) is 8.83. The molecule has 0 unspecified atom stereocenters. The van der Waals surface area contributed by atoms with Crippen molar-refractivity contribution in [1.29, 1.82) is 0 Å². The second kappa shape index (κ2) is 15.7. The fourth-order valence-electron chi connectivity index (χ4n) is 5.67. The van der Waals surface area contributed by atoms with Crippen molar-refractivity contribution in [2.45, 2.75) is 116 Å². The molecule has 12 heteroatoms. The van der Waals surface area contributed by atoms with E-state index in [9.17, 15) is 19.1 Å². The number of fused-ring (bicyclic) bond motifs is 2. The number of hydrogen-bond donors (Lipinski definition) is 2. The summed E-state index contributed by atoms with van der Waals surface area (Å²) in [6, 6.07) is 0. The van der Waals surface area contributed by atoms with Crippen molar-refractivity contribution < 1.29 is 47.0 Å². The van der Waals surface area contributed by atoms with Gasteiger partial charge in [0.2, 0.25) is 5.89 Å². The highest BCUT2D eigenvalue weighted by atomic mass is 31.2. The van der Waals surface area contributed by atoms with E-state index in [2.05, 4.69) is 11.6 Å². The Morgan fingerprint density at radius 2 is 1.88 bits per heavy atom. The van der Waals surface area contributed by atoms with E-state index in [4.69, 9.17) is 27.9 Å². The van der Waals surface area contributed by atoms with Crippen LogP contribution in [-0.4, -0.2) is 65.5 Å². The average Bonchev–Trinajstić information content (AvgIpc) is 3.37. The van der Waals surface area contributed by atoms with Crippen molar-refractivity contribution in [3.05, 3.63) is 35.6 Å². The van der Waals surface area contributed by atoms with Crippen molar-refractivity contribution >= 4 is 19.9 Å². The van der Waals surface area contributed by atoms with Crippen LogP contribution in [0, 0.1) is 11.8 Å². The molecular formula is C30H48NO10P. The Morgan fingerprint density at radius 1 is 1.17 bits per heavy atom. The minimum Gasteiger partial charge on any atom is -0.455 e. The Morgan fingerprint density at radius 3 is 2.55 bits per heavy atom. The number of rotatable bonds is 7. The lowest BCUT2D eigenvalue weighted by Gasteiger charge is -2.36. The topological polar surface area (TPSA) is 147 Å². The van der Waals surface area contributed by atoms with Crippen molar-refractivity contribution in [2.24, 2.45) is 11.8 Å². The van der Waals surface area contributed by atoms with Crippen LogP contribution < -0.4 is 0 Å². The molecule has 1 aromatic heterocycles. The van der Waals surface area contributed by atoms with Crippen molar-refractivity contribution in [3.63, 3.8) is 0 Å². The first-order valence-corrected chi connectivity index (χ1v) is 16.3. The highest BCUT2D eigenvalue weighted by Gasteiger charge is 2.36.